The summed E-state index contributed by atoms with van der Waals surface area (Å²) in [5.41, 5.74) is 2.79. The van der Waals surface area contributed by atoms with Gasteiger partial charge in [-0.3, -0.25) is 10.4 Å². The van der Waals surface area contributed by atoms with Gasteiger partial charge in [-0.15, -0.1) is 0 Å². The molecule has 0 aliphatic carbocycles. The zero-order valence-corrected chi connectivity index (χ0v) is 19.5. The number of esters is 1. The molecule has 2 aliphatic rings. The van der Waals surface area contributed by atoms with Gasteiger partial charge in [-0.2, -0.15) is 5.10 Å². The normalized spacial score (nSPS) is 17.3. The molecule has 1 saturated heterocycles. The predicted octanol–water partition coefficient (Wildman–Crippen LogP) is 2.61. The topological polar surface area (TPSA) is 139 Å². The van der Waals surface area contributed by atoms with Crippen molar-refractivity contribution < 1.29 is 23.9 Å². The predicted molar refractivity (Wildman–Crippen MR) is 126 cm³/mol. The second kappa shape index (κ2) is 8.90. The number of aromatic nitrogens is 3. The summed E-state index contributed by atoms with van der Waals surface area (Å²) in [6.45, 7) is 2.66. The van der Waals surface area contributed by atoms with Gasteiger partial charge in [0.05, 0.1) is 18.8 Å². The fraction of sp³-hybridized carbons (Fsp3) is 0.375. The third-order valence-electron chi connectivity index (χ3n) is 6.69. The average Bonchev–Trinajstić information content (AvgIpc) is 3.33. The molecule has 1 aromatic carbocycles. The highest BCUT2D eigenvalue weighted by molar-refractivity contribution is 5.88. The van der Waals surface area contributed by atoms with E-state index >= 15 is 0 Å². The lowest BCUT2D eigenvalue weighted by atomic mass is 9.83. The molecular formula is C24H26N6O5. The SMILES string of the molecule is COC(=O)[C@@H](Cc1cc(C)c2[nH]ncc2c1)NC(=O)N1CCC2(CC1)OC(=O)Nc1ncccc12. The molecular weight excluding hydrogens is 452 g/mol. The van der Waals surface area contributed by atoms with Crippen LogP contribution >= 0.6 is 0 Å². The summed E-state index contributed by atoms with van der Waals surface area (Å²) in [4.78, 5) is 43.6. The number of rotatable bonds is 4. The first kappa shape index (κ1) is 22.6. The second-order valence-corrected chi connectivity index (χ2v) is 8.87. The zero-order valence-electron chi connectivity index (χ0n) is 19.5. The summed E-state index contributed by atoms with van der Waals surface area (Å²) in [6.07, 6.45) is 3.91. The highest BCUT2D eigenvalue weighted by Gasteiger charge is 2.45. The molecule has 4 heterocycles. The van der Waals surface area contributed by atoms with Gasteiger partial charge in [0, 0.05) is 49.5 Å². The number of benzene rings is 1. The first-order chi connectivity index (χ1) is 16.9. The number of fused-ring (bicyclic) bond motifs is 3. The van der Waals surface area contributed by atoms with E-state index in [1.807, 2.05) is 25.1 Å². The quantitative estimate of drug-likeness (QED) is 0.490. The van der Waals surface area contributed by atoms with Gasteiger partial charge < -0.3 is 19.7 Å². The fourth-order valence-electron chi connectivity index (χ4n) is 4.91. The molecule has 35 heavy (non-hydrogen) atoms. The number of nitrogens with one attached hydrogen (secondary N) is 3. The van der Waals surface area contributed by atoms with E-state index in [1.165, 1.54) is 7.11 Å². The number of anilines is 1. The van der Waals surface area contributed by atoms with Crippen LogP contribution in [0.25, 0.3) is 10.9 Å². The van der Waals surface area contributed by atoms with Crippen molar-refractivity contribution in [1.82, 2.24) is 25.4 Å². The number of likely N-dealkylation sites (tertiary alicyclic amines) is 1. The number of amides is 3. The van der Waals surface area contributed by atoms with Gasteiger partial charge in [0.15, 0.2) is 0 Å². The standard InChI is InChI=1S/C24H26N6O5/c1-14-10-15(11-16-13-26-29-19(14)16)12-18(21(31)34-2)27-22(32)30-8-5-24(6-9-30)17-4-3-7-25-20(17)28-23(33)35-24/h3-4,7,10-11,13,18H,5-6,8-9,12H2,1-2H3,(H,26,29)(H,27,32)(H,25,28,33)/t18-/m1/s1. The van der Waals surface area contributed by atoms with Crippen molar-refractivity contribution in [3.63, 3.8) is 0 Å². The zero-order chi connectivity index (χ0) is 24.6. The summed E-state index contributed by atoms with van der Waals surface area (Å²) < 4.78 is 10.6. The third-order valence-corrected chi connectivity index (χ3v) is 6.69. The molecule has 11 nitrogen and oxygen atoms in total. The first-order valence-electron chi connectivity index (χ1n) is 11.4. The van der Waals surface area contributed by atoms with E-state index in [0.717, 1.165) is 27.6 Å². The van der Waals surface area contributed by atoms with Crippen LogP contribution in [-0.2, 0) is 26.3 Å². The van der Waals surface area contributed by atoms with Gasteiger partial charge in [-0.1, -0.05) is 6.07 Å². The van der Waals surface area contributed by atoms with E-state index in [4.69, 9.17) is 9.47 Å². The molecule has 3 amide bonds. The number of carbonyl (C=O) groups is 3. The lowest BCUT2D eigenvalue weighted by molar-refractivity contribution is -0.142. The maximum atomic E-state index is 13.1. The van der Waals surface area contributed by atoms with E-state index < -0.39 is 23.7 Å². The maximum Gasteiger partial charge on any atom is 0.413 e. The van der Waals surface area contributed by atoms with Crippen LogP contribution < -0.4 is 10.6 Å². The number of carbonyl (C=O) groups excluding carboxylic acids is 3. The highest BCUT2D eigenvalue weighted by atomic mass is 16.6. The highest BCUT2D eigenvalue weighted by Crippen LogP contribution is 2.42. The molecule has 1 spiro atoms. The number of piperidine rings is 1. The Morgan fingerprint density at radius 1 is 1.31 bits per heavy atom. The van der Waals surface area contributed by atoms with Crippen molar-refractivity contribution in [3.8, 4) is 0 Å². The Hall–Kier alpha value is -4.15. The average molecular weight is 479 g/mol. The molecule has 0 bridgehead atoms. The van der Waals surface area contributed by atoms with Crippen molar-refractivity contribution in [3.05, 3.63) is 53.3 Å². The number of hydrogen-bond donors (Lipinski definition) is 3. The number of ether oxygens (including phenoxy) is 2. The van der Waals surface area contributed by atoms with E-state index in [2.05, 4.69) is 25.8 Å². The molecule has 0 saturated carbocycles. The van der Waals surface area contributed by atoms with E-state index in [9.17, 15) is 14.4 Å². The van der Waals surface area contributed by atoms with Crippen molar-refractivity contribution in [2.45, 2.75) is 37.8 Å². The number of H-pyrrole nitrogens is 1. The smallest absolute Gasteiger partial charge is 0.413 e. The summed E-state index contributed by atoms with van der Waals surface area (Å²) >= 11 is 0. The molecule has 1 atom stereocenters. The Balaban J connectivity index is 1.28. The summed E-state index contributed by atoms with van der Waals surface area (Å²) in [7, 11) is 1.30. The van der Waals surface area contributed by atoms with E-state index in [0.29, 0.717) is 31.7 Å². The van der Waals surface area contributed by atoms with Crippen LogP contribution in [0.1, 0.15) is 29.5 Å². The third kappa shape index (κ3) is 4.25. The van der Waals surface area contributed by atoms with Crippen molar-refractivity contribution >= 4 is 34.8 Å². The number of aromatic amines is 1. The Kier molecular flexibility index (Phi) is 5.75. The minimum Gasteiger partial charge on any atom is -0.467 e. The van der Waals surface area contributed by atoms with Gasteiger partial charge in [-0.05, 0) is 36.2 Å². The molecule has 0 radical (unpaired) electrons. The van der Waals surface area contributed by atoms with Gasteiger partial charge in [0.1, 0.15) is 17.5 Å². The number of methoxy groups -OCH3 is 1. The molecule has 5 rings (SSSR count). The number of nitrogens with zero attached hydrogens (tertiary/aromatic N) is 3. The molecule has 2 aromatic heterocycles. The Morgan fingerprint density at radius 2 is 2.11 bits per heavy atom. The summed E-state index contributed by atoms with van der Waals surface area (Å²) in [6, 6.07) is 6.35. The van der Waals surface area contributed by atoms with E-state index in [1.54, 1.807) is 23.4 Å². The molecule has 182 valence electrons. The maximum absolute atomic E-state index is 13.1. The molecule has 11 heteroatoms. The fourth-order valence-corrected chi connectivity index (χ4v) is 4.91. The minimum absolute atomic E-state index is 0.278. The van der Waals surface area contributed by atoms with Crippen LogP contribution in [0.4, 0.5) is 15.4 Å². The first-order valence-corrected chi connectivity index (χ1v) is 11.4. The van der Waals surface area contributed by atoms with Gasteiger partial charge in [0.2, 0.25) is 0 Å². The summed E-state index contributed by atoms with van der Waals surface area (Å²) in [5.74, 6) is -0.0404. The molecule has 0 unspecified atom stereocenters. The van der Waals surface area contributed by atoms with Crippen LogP contribution in [0, 0.1) is 6.92 Å². The Bertz CT molecular complexity index is 1300. The molecule has 3 N–H and O–H groups in total. The van der Waals surface area contributed by atoms with Gasteiger partial charge in [0.25, 0.3) is 0 Å². The van der Waals surface area contributed by atoms with E-state index in [-0.39, 0.29) is 12.5 Å². The second-order valence-electron chi connectivity index (χ2n) is 8.87. The van der Waals surface area contributed by atoms with Crippen LogP contribution in [0.15, 0.2) is 36.7 Å². The minimum atomic E-state index is -0.853. The van der Waals surface area contributed by atoms with Crippen molar-refractivity contribution in [1.29, 1.82) is 0 Å². The van der Waals surface area contributed by atoms with Crippen molar-refractivity contribution in [2.24, 2.45) is 0 Å². The lowest BCUT2D eigenvalue weighted by Crippen LogP contribution is -2.54. The van der Waals surface area contributed by atoms with Crippen molar-refractivity contribution in [2.75, 3.05) is 25.5 Å². The van der Waals surface area contributed by atoms with Gasteiger partial charge in [-0.25, -0.2) is 19.4 Å². The largest absolute Gasteiger partial charge is 0.467 e. The molecule has 3 aromatic rings. The number of pyridine rings is 1. The number of urea groups is 1. The summed E-state index contributed by atoms with van der Waals surface area (Å²) in [5, 5.41) is 13.4. The molecule has 1 fully saturated rings. The Morgan fingerprint density at radius 3 is 2.89 bits per heavy atom. The lowest BCUT2D eigenvalue weighted by Gasteiger charge is -2.43. The van der Waals surface area contributed by atoms with Crippen LogP contribution in [0.3, 0.4) is 0 Å². The number of aryl methyl sites for hydroxylation is 1. The van der Waals surface area contributed by atoms with Crippen LogP contribution in [-0.4, -0.2) is 64.4 Å². The monoisotopic (exact) mass is 478 g/mol. The Labute approximate surface area is 201 Å². The van der Waals surface area contributed by atoms with Crippen LogP contribution in [0.2, 0.25) is 0 Å². The molecule has 2 aliphatic heterocycles. The number of hydrogen-bond acceptors (Lipinski definition) is 7. The van der Waals surface area contributed by atoms with Crippen LogP contribution in [0.5, 0.6) is 0 Å². The van der Waals surface area contributed by atoms with Gasteiger partial charge >= 0.3 is 18.1 Å².